The Balaban J connectivity index is 1.87. The number of hydrogen-bond donors (Lipinski definition) is 2. The molecule has 0 spiro atoms. The topological polar surface area (TPSA) is 99.5 Å². The molecular weight excluding hydrogens is 280 g/mol. The maximum Gasteiger partial charge on any atom is 0.328 e. The number of amides is 2. The number of aliphatic hydroxyl groups excluding tert-OH is 1. The Morgan fingerprint density at radius 2 is 1.95 bits per heavy atom. The zero-order chi connectivity index (χ0) is 15.2. The third kappa shape index (κ3) is 4.05. The van der Waals surface area contributed by atoms with E-state index in [9.17, 15) is 9.59 Å². The smallest absolute Gasteiger partial charge is 0.328 e. The molecule has 2 heterocycles. The van der Waals surface area contributed by atoms with Crippen LogP contribution in [0.4, 0.5) is 4.79 Å². The number of likely N-dealkylation sites (tertiary alicyclic amines) is 1. The van der Waals surface area contributed by atoms with Gasteiger partial charge >= 0.3 is 12.0 Å². The van der Waals surface area contributed by atoms with Crippen molar-refractivity contribution in [1.82, 2.24) is 9.80 Å². The summed E-state index contributed by atoms with van der Waals surface area (Å²) in [4.78, 5) is 26.7. The van der Waals surface area contributed by atoms with Crippen LogP contribution in [0.2, 0.25) is 0 Å². The van der Waals surface area contributed by atoms with Crippen LogP contribution in [-0.2, 0) is 14.3 Å². The maximum atomic E-state index is 12.4. The number of aliphatic hydroxyl groups is 1. The van der Waals surface area contributed by atoms with E-state index in [1.165, 1.54) is 4.90 Å². The molecule has 0 bridgehead atoms. The Bertz CT molecular complexity index is 370. The van der Waals surface area contributed by atoms with Gasteiger partial charge in [0.2, 0.25) is 0 Å². The Morgan fingerprint density at radius 1 is 1.24 bits per heavy atom. The molecule has 0 saturated carbocycles. The van der Waals surface area contributed by atoms with Gasteiger partial charge in [-0.3, -0.25) is 0 Å². The highest BCUT2D eigenvalue weighted by molar-refractivity contribution is 5.83. The molecule has 0 aromatic heterocycles. The van der Waals surface area contributed by atoms with Gasteiger partial charge in [-0.05, 0) is 12.8 Å². The normalized spacial score (nSPS) is 24.1. The minimum atomic E-state index is -1.04. The van der Waals surface area contributed by atoms with Gasteiger partial charge in [0.05, 0.1) is 32.5 Å². The Labute approximate surface area is 123 Å². The molecule has 2 amide bonds. The third-order valence-corrected chi connectivity index (χ3v) is 3.82. The molecule has 0 aromatic rings. The van der Waals surface area contributed by atoms with E-state index in [1.807, 2.05) is 0 Å². The molecule has 0 radical (unpaired) electrons. The summed E-state index contributed by atoms with van der Waals surface area (Å²) in [6.07, 6.45) is 1.46. The van der Waals surface area contributed by atoms with Gasteiger partial charge in [0.15, 0.2) is 6.04 Å². The average molecular weight is 302 g/mol. The minimum Gasteiger partial charge on any atom is -0.480 e. The summed E-state index contributed by atoms with van der Waals surface area (Å²) in [5, 5.41) is 17.9. The highest BCUT2D eigenvalue weighted by Gasteiger charge is 2.36. The highest BCUT2D eigenvalue weighted by atomic mass is 16.5. The van der Waals surface area contributed by atoms with Crippen LogP contribution in [0, 0.1) is 0 Å². The van der Waals surface area contributed by atoms with Crippen LogP contribution < -0.4 is 0 Å². The molecule has 2 N–H and O–H groups in total. The maximum absolute atomic E-state index is 12.4. The van der Waals surface area contributed by atoms with Gasteiger partial charge in [-0.2, -0.15) is 0 Å². The lowest BCUT2D eigenvalue weighted by molar-refractivity contribution is -0.147. The molecule has 0 aliphatic carbocycles. The second-order valence-corrected chi connectivity index (χ2v) is 5.19. The van der Waals surface area contributed by atoms with Gasteiger partial charge in [-0.15, -0.1) is 0 Å². The number of ether oxygens (including phenoxy) is 2. The second-order valence-electron chi connectivity index (χ2n) is 5.19. The number of carboxylic acid groups (broad SMARTS) is 1. The summed E-state index contributed by atoms with van der Waals surface area (Å²) in [6.45, 7) is 2.09. The molecule has 1 unspecified atom stereocenters. The van der Waals surface area contributed by atoms with Crippen molar-refractivity contribution in [2.45, 2.75) is 25.0 Å². The van der Waals surface area contributed by atoms with Crippen molar-refractivity contribution < 1.29 is 29.3 Å². The number of urea groups is 1. The fourth-order valence-electron chi connectivity index (χ4n) is 2.65. The molecule has 1 atom stereocenters. The van der Waals surface area contributed by atoms with Crippen LogP contribution in [0.25, 0.3) is 0 Å². The van der Waals surface area contributed by atoms with Crippen molar-refractivity contribution in [2.75, 3.05) is 46.1 Å². The van der Waals surface area contributed by atoms with E-state index in [0.717, 1.165) is 0 Å². The molecule has 2 saturated heterocycles. The first-order chi connectivity index (χ1) is 10.1. The van der Waals surface area contributed by atoms with Crippen LogP contribution in [0.15, 0.2) is 0 Å². The largest absolute Gasteiger partial charge is 0.480 e. The number of rotatable bonds is 4. The Morgan fingerprint density at radius 3 is 2.57 bits per heavy atom. The molecule has 21 heavy (non-hydrogen) atoms. The van der Waals surface area contributed by atoms with Gasteiger partial charge in [0, 0.05) is 19.6 Å². The highest BCUT2D eigenvalue weighted by Crippen LogP contribution is 2.17. The quantitative estimate of drug-likeness (QED) is 0.717. The van der Waals surface area contributed by atoms with Gasteiger partial charge in [0.1, 0.15) is 0 Å². The first-order valence-corrected chi connectivity index (χ1v) is 7.22. The lowest BCUT2D eigenvalue weighted by Crippen LogP contribution is -2.57. The third-order valence-electron chi connectivity index (χ3n) is 3.82. The Hall–Kier alpha value is -1.38. The predicted octanol–water partition coefficient (Wildman–Crippen LogP) is -0.635. The summed E-state index contributed by atoms with van der Waals surface area (Å²) < 4.78 is 10.6. The summed E-state index contributed by atoms with van der Waals surface area (Å²) >= 11 is 0. The van der Waals surface area contributed by atoms with Gasteiger partial charge in [-0.1, -0.05) is 0 Å². The number of carboxylic acids is 1. The first kappa shape index (κ1) is 16.0. The zero-order valence-electron chi connectivity index (χ0n) is 11.9. The lowest BCUT2D eigenvalue weighted by atomic mass is 10.1. The average Bonchev–Trinajstić information content (AvgIpc) is 2.52. The molecular formula is C13H22N2O6. The van der Waals surface area contributed by atoms with Crippen LogP contribution >= 0.6 is 0 Å². The SMILES string of the molecule is O=C(O)C1COCCN1C(=O)N1CCC(OCCO)CC1. The molecule has 120 valence electrons. The summed E-state index contributed by atoms with van der Waals surface area (Å²) in [5.41, 5.74) is 0. The van der Waals surface area contributed by atoms with Crippen molar-refractivity contribution in [3.05, 3.63) is 0 Å². The van der Waals surface area contributed by atoms with E-state index in [1.54, 1.807) is 4.90 Å². The molecule has 2 aliphatic heterocycles. The molecule has 0 aromatic carbocycles. The van der Waals surface area contributed by atoms with Crippen LogP contribution in [-0.4, -0.2) is 90.2 Å². The van der Waals surface area contributed by atoms with Crippen LogP contribution in [0.5, 0.6) is 0 Å². The summed E-state index contributed by atoms with van der Waals surface area (Å²) in [6, 6.07) is -1.15. The van der Waals surface area contributed by atoms with Gasteiger partial charge in [0.25, 0.3) is 0 Å². The van der Waals surface area contributed by atoms with E-state index in [2.05, 4.69) is 0 Å². The number of hydrogen-bond acceptors (Lipinski definition) is 5. The molecule has 8 nitrogen and oxygen atoms in total. The van der Waals surface area contributed by atoms with Crippen molar-refractivity contribution in [2.24, 2.45) is 0 Å². The fraction of sp³-hybridized carbons (Fsp3) is 0.846. The van der Waals surface area contributed by atoms with Crippen molar-refractivity contribution >= 4 is 12.0 Å². The predicted molar refractivity (Wildman–Crippen MR) is 72.0 cm³/mol. The second kappa shape index (κ2) is 7.58. The molecule has 2 rings (SSSR count). The number of carbonyl (C=O) groups excluding carboxylic acids is 1. The van der Waals surface area contributed by atoms with Crippen molar-refractivity contribution in [3.8, 4) is 0 Å². The fourth-order valence-corrected chi connectivity index (χ4v) is 2.65. The number of aliphatic carboxylic acids is 1. The summed E-state index contributed by atoms with van der Waals surface area (Å²) in [7, 11) is 0. The van der Waals surface area contributed by atoms with E-state index in [4.69, 9.17) is 19.7 Å². The zero-order valence-corrected chi connectivity index (χ0v) is 11.9. The van der Waals surface area contributed by atoms with Crippen molar-refractivity contribution in [1.29, 1.82) is 0 Å². The van der Waals surface area contributed by atoms with E-state index in [-0.39, 0.29) is 25.3 Å². The minimum absolute atomic E-state index is 0.00673. The van der Waals surface area contributed by atoms with E-state index < -0.39 is 12.0 Å². The monoisotopic (exact) mass is 302 g/mol. The molecule has 8 heteroatoms. The number of nitrogens with zero attached hydrogens (tertiary/aromatic N) is 2. The molecule has 2 aliphatic rings. The number of carbonyl (C=O) groups is 2. The van der Waals surface area contributed by atoms with Crippen molar-refractivity contribution in [3.63, 3.8) is 0 Å². The number of morpholine rings is 1. The molecule has 2 fully saturated rings. The standard InChI is InChI=1S/C13H22N2O6/c16-6-8-21-10-1-3-14(4-2-10)13(19)15-5-7-20-9-11(15)12(17)18/h10-11,16H,1-9H2,(H,17,18). The van der Waals surface area contributed by atoms with Crippen LogP contribution in [0.1, 0.15) is 12.8 Å². The van der Waals surface area contributed by atoms with Crippen LogP contribution in [0.3, 0.4) is 0 Å². The van der Waals surface area contributed by atoms with E-state index in [0.29, 0.717) is 45.7 Å². The number of piperidine rings is 1. The van der Waals surface area contributed by atoms with E-state index >= 15 is 0 Å². The summed E-state index contributed by atoms with van der Waals surface area (Å²) in [5.74, 6) is -1.04. The Kier molecular flexibility index (Phi) is 5.77. The van der Waals surface area contributed by atoms with Gasteiger partial charge < -0.3 is 29.5 Å². The first-order valence-electron chi connectivity index (χ1n) is 7.22. The van der Waals surface area contributed by atoms with Gasteiger partial charge in [-0.25, -0.2) is 9.59 Å². The lowest BCUT2D eigenvalue weighted by Gasteiger charge is -2.39.